The molecule has 2 aromatic carbocycles. The first kappa shape index (κ1) is 25.0. The van der Waals surface area contributed by atoms with E-state index in [1.165, 1.54) is 11.8 Å². The fraction of sp³-hybridized carbons (Fsp3) is 0.407. The Labute approximate surface area is 210 Å². The summed E-state index contributed by atoms with van der Waals surface area (Å²) in [6, 6.07) is 13.4. The van der Waals surface area contributed by atoms with Crippen LogP contribution < -0.4 is 5.56 Å². The van der Waals surface area contributed by atoms with Crippen molar-refractivity contribution in [3.05, 3.63) is 63.9 Å². The molecule has 2 heterocycles. The Morgan fingerprint density at radius 2 is 1.66 bits per heavy atom. The van der Waals surface area contributed by atoms with Gasteiger partial charge in [-0.25, -0.2) is 4.57 Å². The summed E-state index contributed by atoms with van der Waals surface area (Å²) >= 11 is 1.36. The average Bonchev–Trinajstić information content (AvgIpc) is 3.23. The van der Waals surface area contributed by atoms with Gasteiger partial charge in [-0.1, -0.05) is 63.7 Å². The minimum atomic E-state index is -0.137. The number of aryl methyl sites for hydroxylation is 1. The number of para-hydroxylation sites is 1. The highest BCUT2D eigenvalue weighted by molar-refractivity contribution is 7.99. The molecule has 184 valence electrons. The smallest absolute Gasteiger partial charge is 0.267 e. The van der Waals surface area contributed by atoms with Gasteiger partial charge in [-0.05, 0) is 55.0 Å². The second kappa shape index (κ2) is 10.2. The summed E-state index contributed by atoms with van der Waals surface area (Å²) in [6.07, 6.45) is 0. The zero-order valence-corrected chi connectivity index (χ0v) is 22.1. The number of aromatic nitrogens is 4. The van der Waals surface area contributed by atoms with Gasteiger partial charge in [-0.3, -0.25) is 14.0 Å². The SMILES string of the molecule is Cc1cccc(-n2c(=O)c3ccccc3n3c(SCC(=O)N(CC(C)C)CC(C)C)nnc23)c1C. The summed E-state index contributed by atoms with van der Waals surface area (Å²) in [4.78, 5) is 28.7. The first-order valence-electron chi connectivity index (χ1n) is 12.0. The van der Waals surface area contributed by atoms with Crippen LogP contribution in [0.2, 0.25) is 0 Å². The molecule has 0 aliphatic heterocycles. The summed E-state index contributed by atoms with van der Waals surface area (Å²) in [5.41, 5.74) is 3.48. The Balaban J connectivity index is 1.80. The molecule has 4 aromatic rings. The minimum Gasteiger partial charge on any atom is -0.341 e. The third-order valence-electron chi connectivity index (χ3n) is 6.06. The van der Waals surface area contributed by atoms with Crippen molar-refractivity contribution < 1.29 is 4.79 Å². The van der Waals surface area contributed by atoms with Gasteiger partial charge in [-0.2, -0.15) is 0 Å². The van der Waals surface area contributed by atoms with Crippen molar-refractivity contribution in [1.29, 1.82) is 0 Å². The number of carbonyl (C=O) groups is 1. The molecule has 4 rings (SSSR count). The molecule has 0 spiro atoms. The molecule has 0 N–H and O–H groups in total. The number of nitrogens with zero attached hydrogens (tertiary/aromatic N) is 5. The van der Waals surface area contributed by atoms with Gasteiger partial charge in [0, 0.05) is 13.1 Å². The Kier molecular flexibility index (Phi) is 7.31. The second-order valence-electron chi connectivity index (χ2n) is 9.87. The fourth-order valence-corrected chi connectivity index (χ4v) is 5.19. The lowest BCUT2D eigenvalue weighted by molar-refractivity contribution is -0.129. The number of hydrogen-bond donors (Lipinski definition) is 0. The van der Waals surface area contributed by atoms with E-state index in [0.717, 1.165) is 35.4 Å². The molecule has 0 radical (unpaired) electrons. The number of fused-ring (bicyclic) bond motifs is 3. The number of carbonyl (C=O) groups excluding carboxylic acids is 1. The predicted molar refractivity (Wildman–Crippen MR) is 143 cm³/mol. The average molecular weight is 492 g/mol. The molecule has 0 saturated heterocycles. The fourth-order valence-electron chi connectivity index (χ4n) is 4.34. The number of hydrogen-bond acceptors (Lipinski definition) is 5. The normalized spacial score (nSPS) is 11.8. The van der Waals surface area contributed by atoms with Crippen molar-refractivity contribution in [2.75, 3.05) is 18.8 Å². The molecule has 0 saturated carbocycles. The molecule has 0 bridgehead atoms. The first-order chi connectivity index (χ1) is 16.7. The topological polar surface area (TPSA) is 72.5 Å². The van der Waals surface area contributed by atoms with E-state index in [0.29, 0.717) is 28.2 Å². The van der Waals surface area contributed by atoms with Crippen LogP contribution in [0.25, 0.3) is 22.4 Å². The quantitative estimate of drug-likeness (QED) is 0.328. The molecule has 0 unspecified atom stereocenters. The van der Waals surface area contributed by atoms with Crippen LogP contribution in [-0.2, 0) is 4.79 Å². The first-order valence-corrected chi connectivity index (χ1v) is 13.0. The van der Waals surface area contributed by atoms with Crippen LogP contribution in [0.5, 0.6) is 0 Å². The molecule has 1 amide bonds. The van der Waals surface area contributed by atoms with Gasteiger partial charge in [0.1, 0.15) is 0 Å². The molecule has 35 heavy (non-hydrogen) atoms. The van der Waals surface area contributed by atoms with Crippen LogP contribution in [-0.4, -0.2) is 48.8 Å². The Bertz CT molecular complexity index is 1430. The van der Waals surface area contributed by atoms with E-state index < -0.39 is 0 Å². The van der Waals surface area contributed by atoms with Crippen LogP contribution in [0, 0.1) is 25.7 Å². The van der Waals surface area contributed by atoms with Gasteiger partial charge in [0.15, 0.2) is 5.16 Å². The molecule has 7 nitrogen and oxygen atoms in total. The lowest BCUT2D eigenvalue weighted by atomic mass is 10.1. The summed E-state index contributed by atoms with van der Waals surface area (Å²) in [5, 5.41) is 10.0. The van der Waals surface area contributed by atoms with Crippen molar-refractivity contribution >= 4 is 34.3 Å². The summed E-state index contributed by atoms with van der Waals surface area (Å²) in [6.45, 7) is 14.0. The highest BCUT2D eigenvalue weighted by atomic mass is 32.2. The zero-order valence-electron chi connectivity index (χ0n) is 21.3. The van der Waals surface area contributed by atoms with Gasteiger partial charge in [0.05, 0.1) is 22.3 Å². The molecular formula is C27H33N5O2S. The summed E-state index contributed by atoms with van der Waals surface area (Å²) < 4.78 is 3.53. The van der Waals surface area contributed by atoms with Crippen LogP contribution in [0.3, 0.4) is 0 Å². The van der Waals surface area contributed by atoms with Crippen molar-refractivity contribution in [2.45, 2.75) is 46.7 Å². The maximum absolute atomic E-state index is 13.6. The third-order valence-corrected chi connectivity index (χ3v) is 6.97. The standard InChI is InChI=1S/C27H33N5O2S/c1-17(2)14-30(15-18(3)4)24(33)16-35-27-29-28-26-31(22-13-9-10-19(5)20(22)6)25(34)21-11-7-8-12-23(21)32(26)27/h7-13,17-18H,14-16H2,1-6H3. The predicted octanol–water partition coefficient (Wildman–Crippen LogP) is 4.88. The maximum Gasteiger partial charge on any atom is 0.267 e. The van der Waals surface area contributed by atoms with Crippen LogP contribution >= 0.6 is 11.8 Å². The second-order valence-corrected chi connectivity index (χ2v) is 10.8. The molecule has 0 aliphatic carbocycles. The zero-order chi connectivity index (χ0) is 25.3. The highest BCUT2D eigenvalue weighted by Gasteiger charge is 2.21. The van der Waals surface area contributed by atoms with E-state index in [2.05, 4.69) is 37.9 Å². The van der Waals surface area contributed by atoms with E-state index >= 15 is 0 Å². The maximum atomic E-state index is 13.6. The van der Waals surface area contributed by atoms with E-state index in [4.69, 9.17) is 0 Å². The van der Waals surface area contributed by atoms with Gasteiger partial charge in [-0.15, -0.1) is 10.2 Å². The molecule has 0 atom stereocenters. The van der Waals surface area contributed by atoms with Gasteiger partial charge in [0.25, 0.3) is 5.56 Å². The lowest BCUT2D eigenvalue weighted by Gasteiger charge is -2.26. The Morgan fingerprint density at radius 3 is 2.34 bits per heavy atom. The van der Waals surface area contributed by atoms with E-state index in [1.807, 2.05) is 65.6 Å². The van der Waals surface area contributed by atoms with Crippen LogP contribution in [0.1, 0.15) is 38.8 Å². The third kappa shape index (κ3) is 4.98. The lowest BCUT2D eigenvalue weighted by Crippen LogP contribution is -2.38. The van der Waals surface area contributed by atoms with Crippen LogP contribution in [0.4, 0.5) is 0 Å². The van der Waals surface area contributed by atoms with E-state index in [9.17, 15) is 9.59 Å². The van der Waals surface area contributed by atoms with Crippen molar-refractivity contribution in [3.8, 4) is 5.69 Å². The number of benzene rings is 2. The van der Waals surface area contributed by atoms with Gasteiger partial charge in [0.2, 0.25) is 11.7 Å². The monoisotopic (exact) mass is 491 g/mol. The van der Waals surface area contributed by atoms with Crippen molar-refractivity contribution in [1.82, 2.24) is 24.1 Å². The minimum absolute atomic E-state index is 0.0845. The molecular weight excluding hydrogens is 458 g/mol. The Morgan fingerprint density at radius 1 is 0.971 bits per heavy atom. The van der Waals surface area contributed by atoms with Crippen molar-refractivity contribution in [2.24, 2.45) is 11.8 Å². The van der Waals surface area contributed by atoms with Gasteiger partial charge < -0.3 is 4.90 Å². The van der Waals surface area contributed by atoms with Crippen molar-refractivity contribution in [3.63, 3.8) is 0 Å². The largest absolute Gasteiger partial charge is 0.341 e. The number of rotatable bonds is 8. The number of thioether (sulfide) groups is 1. The molecule has 8 heteroatoms. The van der Waals surface area contributed by atoms with Gasteiger partial charge >= 0.3 is 0 Å². The summed E-state index contributed by atoms with van der Waals surface area (Å²) in [7, 11) is 0. The summed E-state index contributed by atoms with van der Waals surface area (Å²) in [5.74, 6) is 1.58. The molecule has 2 aromatic heterocycles. The van der Waals surface area contributed by atoms with Crippen LogP contribution in [0.15, 0.2) is 52.4 Å². The number of amides is 1. The highest BCUT2D eigenvalue weighted by Crippen LogP contribution is 2.25. The van der Waals surface area contributed by atoms with E-state index in [-0.39, 0.29) is 17.2 Å². The van der Waals surface area contributed by atoms with E-state index in [1.54, 1.807) is 4.57 Å². The Hall–Kier alpha value is -3.13. The molecule has 0 fully saturated rings. The molecule has 0 aliphatic rings.